The Bertz CT molecular complexity index is 1800. The standard InChI is InChI=1S/C31H28N2O7S2/c1-3-38-31(35)28-19(2)27(17-20-8-13-25-26(16-20)40-18-39-25)41-30(28)32-29(34)22-9-11-23(12-10-22)42(36,37)33-15-14-21-6-4-5-7-24(21)33/h4-13,16H,3,14-15,17-18H2,1-2H3,(H,32,34). The van der Waals surface area contributed by atoms with E-state index >= 15 is 0 Å². The zero-order valence-electron chi connectivity index (χ0n) is 23.0. The van der Waals surface area contributed by atoms with Gasteiger partial charge in [-0.3, -0.25) is 9.10 Å². The minimum Gasteiger partial charge on any atom is -0.462 e. The summed E-state index contributed by atoms with van der Waals surface area (Å²) in [5.74, 6) is 0.365. The lowest BCUT2D eigenvalue weighted by Crippen LogP contribution is -2.29. The number of anilines is 2. The summed E-state index contributed by atoms with van der Waals surface area (Å²) in [6.45, 7) is 4.29. The molecule has 1 amide bonds. The van der Waals surface area contributed by atoms with Gasteiger partial charge in [0.1, 0.15) is 5.00 Å². The van der Waals surface area contributed by atoms with Gasteiger partial charge in [0, 0.05) is 23.4 Å². The Morgan fingerprint density at radius 2 is 1.79 bits per heavy atom. The maximum Gasteiger partial charge on any atom is 0.341 e. The first-order chi connectivity index (χ1) is 20.3. The van der Waals surface area contributed by atoms with Crippen LogP contribution in [0.1, 0.15) is 49.2 Å². The molecule has 1 N–H and O–H groups in total. The van der Waals surface area contributed by atoms with Crippen LogP contribution in [-0.4, -0.2) is 40.2 Å². The topological polar surface area (TPSA) is 111 Å². The molecule has 2 aliphatic rings. The smallest absolute Gasteiger partial charge is 0.341 e. The number of amides is 1. The van der Waals surface area contributed by atoms with Crippen molar-refractivity contribution in [2.24, 2.45) is 0 Å². The SMILES string of the molecule is CCOC(=O)c1c(NC(=O)c2ccc(S(=O)(=O)N3CCc4ccccc43)cc2)sc(Cc2ccc3c(c2)OCO3)c1C. The molecule has 0 bridgehead atoms. The maximum absolute atomic E-state index is 13.4. The first-order valence-electron chi connectivity index (χ1n) is 13.5. The fourth-order valence-electron chi connectivity index (χ4n) is 5.14. The van der Waals surface area contributed by atoms with Gasteiger partial charge in [-0.15, -0.1) is 11.3 Å². The Kier molecular flexibility index (Phi) is 7.38. The number of para-hydroxylation sites is 1. The number of nitrogens with zero attached hydrogens (tertiary/aromatic N) is 1. The summed E-state index contributed by atoms with van der Waals surface area (Å²) in [6, 6.07) is 18.9. The fraction of sp³-hybridized carbons (Fsp3) is 0.226. The summed E-state index contributed by atoms with van der Waals surface area (Å²) in [6.07, 6.45) is 1.16. The number of sulfonamides is 1. The largest absolute Gasteiger partial charge is 0.462 e. The van der Waals surface area contributed by atoms with Crippen LogP contribution in [0.5, 0.6) is 11.5 Å². The first kappa shape index (κ1) is 27.8. The minimum absolute atomic E-state index is 0.0981. The summed E-state index contributed by atoms with van der Waals surface area (Å²) in [5, 5.41) is 3.23. The molecule has 0 fully saturated rings. The number of ether oxygens (including phenoxy) is 3. The third-order valence-corrected chi connectivity index (χ3v) is 10.3. The number of esters is 1. The van der Waals surface area contributed by atoms with E-state index in [1.807, 2.05) is 43.3 Å². The second-order valence-corrected chi connectivity index (χ2v) is 12.8. The summed E-state index contributed by atoms with van der Waals surface area (Å²) < 4.78 is 44.3. The van der Waals surface area contributed by atoms with Gasteiger partial charge in [-0.2, -0.15) is 0 Å². The lowest BCUT2D eigenvalue weighted by molar-refractivity contribution is 0.0527. The molecule has 3 aromatic carbocycles. The molecule has 1 aromatic heterocycles. The molecule has 11 heteroatoms. The summed E-state index contributed by atoms with van der Waals surface area (Å²) >= 11 is 1.30. The van der Waals surface area contributed by atoms with Crippen molar-refractivity contribution in [2.75, 3.05) is 29.6 Å². The first-order valence-corrected chi connectivity index (χ1v) is 15.7. The monoisotopic (exact) mass is 604 g/mol. The van der Waals surface area contributed by atoms with E-state index in [0.717, 1.165) is 21.6 Å². The number of hydrogen-bond donors (Lipinski definition) is 1. The Hall–Kier alpha value is -4.35. The molecular formula is C31H28N2O7S2. The van der Waals surface area contributed by atoms with E-state index in [1.165, 1.54) is 39.9 Å². The summed E-state index contributed by atoms with van der Waals surface area (Å²) in [4.78, 5) is 27.2. The number of thiophene rings is 1. The maximum atomic E-state index is 13.4. The van der Waals surface area contributed by atoms with Crippen LogP contribution in [0.2, 0.25) is 0 Å². The Morgan fingerprint density at radius 1 is 1.02 bits per heavy atom. The molecule has 0 aliphatic carbocycles. The molecule has 0 radical (unpaired) electrons. The van der Waals surface area contributed by atoms with Gasteiger partial charge in [-0.05, 0) is 79.4 Å². The van der Waals surface area contributed by atoms with Crippen molar-refractivity contribution in [3.63, 3.8) is 0 Å². The van der Waals surface area contributed by atoms with Crippen LogP contribution in [0.3, 0.4) is 0 Å². The molecule has 3 heterocycles. The molecule has 4 aromatic rings. The van der Waals surface area contributed by atoms with E-state index in [4.69, 9.17) is 14.2 Å². The molecule has 0 atom stereocenters. The van der Waals surface area contributed by atoms with Crippen molar-refractivity contribution >= 4 is 43.9 Å². The molecule has 0 saturated heterocycles. The predicted molar refractivity (Wildman–Crippen MR) is 159 cm³/mol. The van der Waals surface area contributed by atoms with Gasteiger partial charge in [-0.1, -0.05) is 24.3 Å². The number of benzene rings is 3. The van der Waals surface area contributed by atoms with Gasteiger partial charge in [0.2, 0.25) is 6.79 Å². The molecule has 6 rings (SSSR count). The zero-order valence-corrected chi connectivity index (χ0v) is 24.6. The van der Waals surface area contributed by atoms with Crippen molar-refractivity contribution in [3.8, 4) is 11.5 Å². The van der Waals surface area contributed by atoms with Crippen LogP contribution in [0.15, 0.2) is 71.6 Å². The summed E-state index contributed by atoms with van der Waals surface area (Å²) in [7, 11) is -3.79. The van der Waals surface area contributed by atoms with E-state index in [1.54, 1.807) is 13.0 Å². The molecule has 42 heavy (non-hydrogen) atoms. The number of carbonyl (C=O) groups is 2. The number of fused-ring (bicyclic) bond motifs is 2. The van der Waals surface area contributed by atoms with Crippen molar-refractivity contribution in [3.05, 3.63) is 99.4 Å². The molecule has 216 valence electrons. The normalized spacial score (nSPS) is 13.6. The number of nitrogens with one attached hydrogen (secondary N) is 1. The lowest BCUT2D eigenvalue weighted by atomic mass is 10.1. The van der Waals surface area contributed by atoms with Crippen LogP contribution in [-0.2, 0) is 27.6 Å². The average molecular weight is 605 g/mol. The lowest BCUT2D eigenvalue weighted by Gasteiger charge is -2.19. The van der Waals surface area contributed by atoms with Crippen LogP contribution in [0.4, 0.5) is 10.7 Å². The molecule has 9 nitrogen and oxygen atoms in total. The van der Waals surface area contributed by atoms with Crippen LogP contribution in [0.25, 0.3) is 0 Å². The average Bonchev–Trinajstić information content (AvgIpc) is 3.71. The van der Waals surface area contributed by atoms with E-state index < -0.39 is 21.9 Å². The highest BCUT2D eigenvalue weighted by atomic mass is 32.2. The third kappa shape index (κ3) is 5.10. The Morgan fingerprint density at radius 3 is 2.57 bits per heavy atom. The molecule has 0 unspecified atom stereocenters. The van der Waals surface area contributed by atoms with Gasteiger partial charge in [0.15, 0.2) is 11.5 Å². The van der Waals surface area contributed by atoms with Crippen molar-refractivity contribution in [1.29, 1.82) is 0 Å². The Balaban J connectivity index is 1.24. The van der Waals surface area contributed by atoms with E-state index in [0.29, 0.717) is 47.1 Å². The molecular weight excluding hydrogens is 576 g/mol. The number of hydrogen-bond acceptors (Lipinski definition) is 8. The zero-order chi connectivity index (χ0) is 29.4. The van der Waals surface area contributed by atoms with Crippen LogP contribution < -0.4 is 19.1 Å². The Labute approximate surface area is 247 Å². The number of carbonyl (C=O) groups excluding carboxylic acids is 2. The highest BCUT2D eigenvalue weighted by Gasteiger charge is 2.31. The third-order valence-electron chi connectivity index (χ3n) is 7.30. The number of rotatable bonds is 8. The van der Waals surface area contributed by atoms with Gasteiger partial charge in [-0.25, -0.2) is 13.2 Å². The van der Waals surface area contributed by atoms with Crippen molar-refractivity contribution < 1.29 is 32.2 Å². The highest BCUT2D eigenvalue weighted by molar-refractivity contribution is 7.92. The van der Waals surface area contributed by atoms with Crippen molar-refractivity contribution in [1.82, 2.24) is 0 Å². The second-order valence-electron chi connectivity index (χ2n) is 9.87. The summed E-state index contributed by atoms with van der Waals surface area (Å²) in [5.41, 5.74) is 3.91. The van der Waals surface area contributed by atoms with E-state index in [2.05, 4.69) is 5.32 Å². The quantitative estimate of drug-likeness (QED) is 0.262. The molecule has 2 aliphatic heterocycles. The molecule has 0 spiro atoms. The van der Waals surface area contributed by atoms with E-state index in [9.17, 15) is 18.0 Å². The predicted octanol–water partition coefficient (Wildman–Crippen LogP) is 5.56. The van der Waals surface area contributed by atoms with E-state index in [-0.39, 0.29) is 23.9 Å². The fourth-order valence-corrected chi connectivity index (χ4v) is 7.87. The van der Waals surface area contributed by atoms with Crippen molar-refractivity contribution in [2.45, 2.75) is 31.6 Å². The highest BCUT2D eigenvalue weighted by Crippen LogP contribution is 2.38. The minimum atomic E-state index is -3.79. The van der Waals surface area contributed by atoms with Crippen LogP contribution in [0, 0.1) is 6.92 Å². The van der Waals surface area contributed by atoms with Gasteiger partial charge >= 0.3 is 5.97 Å². The van der Waals surface area contributed by atoms with Gasteiger partial charge in [0.05, 0.1) is 22.8 Å². The second kappa shape index (κ2) is 11.1. The van der Waals surface area contributed by atoms with Crippen LogP contribution >= 0.6 is 11.3 Å². The van der Waals surface area contributed by atoms with Gasteiger partial charge < -0.3 is 19.5 Å². The van der Waals surface area contributed by atoms with Gasteiger partial charge in [0.25, 0.3) is 15.9 Å². The molecule has 0 saturated carbocycles.